The normalized spacial score (nSPS) is 9.29. The van der Waals surface area contributed by atoms with Crippen molar-refractivity contribution in [3.05, 3.63) is 59.7 Å². The lowest BCUT2D eigenvalue weighted by Crippen LogP contribution is -2.08. The third-order valence-electron chi connectivity index (χ3n) is 2.90. The van der Waals surface area contributed by atoms with Crippen molar-refractivity contribution in [2.45, 2.75) is 13.8 Å². The van der Waals surface area contributed by atoms with Gasteiger partial charge >= 0.3 is 5.97 Å². The summed E-state index contributed by atoms with van der Waals surface area (Å²) >= 11 is 9.76. The topological polar surface area (TPSA) is 61.5 Å². The molecule has 2 aromatic carbocycles. The number of benzene rings is 2. The van der Waals surface area contributed by atoms with Gasteiger partial charge in [0.05, 0.1) is 7.11 Å². The van der Waals surface area contributed by atoms with E-state index < -0.39 is 0 Å². The fourth-order valence-electron chi connectivity index (χ4n) is 1.68. The van der Waals surface area contributed by atoms with Crippen molar-refractivity contribution < 1.29 is 14.3 Å². The van der Waals surface area contributed by atoms with Crippen molar-refractivity contribution in [3.63, 3.8) is 0 Å². The van der Waals surface area contributed by atoms with Crippen molar-refractivity contribution in [1.29, 1.82) is 0 Å². The Labute approximate surface area is 152 Å². The minimum absolute atomic E-state index is 0.313. The number of esters is 1. The summed E-state index contributed by atoms with van der Waals surface area (Å²) in [6.45, 7) is 3.23. The zero-order chi connectivity index (χ0) is 18.1. The predicted octanol–water partition coefficient (Wildman–Crippen LogP) is 3.68. The van der Waals surface area contributed by atoms with E-state index in [2.05, 4.69) is 0 Å². The molecule has 0 aliphatic rings. The van der Waals surface area contributed by atoms with Crippen molar-refractivity contribution in [2.24, 2.45) is 5.73 Å². The average molecular weight is 361 g/mol. The summed E-state index contributed by atoms with van der Waals surface area (Å²) in [5.41, 5.74) is 7.24. The van der Waals surface area contributed by atoms with Gasteiger partial charge in [0.15, 0.2) is 0 Å². The number of rotatable bonds is 4. The number of carbonyl (C=O) groups is 1. The lowest BCUT2D eigenvalue weighted by Gasteiger charge is -2.01. The van der Waals surface area contributed by atoms with Gasteiger partial charge in [-0.3, -0.25) is 4.79 Å². The summed E-state index contributed by atoms with van der Waals surface area (Å²) < 4.78 is 9.83. The van der Waals surface area contributed by atoms with Crippen LogP contribution in [0.1, 0.15) is 25.0 Å². The molecule has 0 heterocycles. The molecule has 0 radical (unpaired) electrons. The summed E-state index contributed by atoms with van der Waals surface area (Å²) in [7, 11) is 1.62. The third kappa shape index (κ3) is 6.85. The predicted molar refractivity (Wildman–Crippen MR) is 104 cm³/mol. The van der Waals surface area contributed by atoms with Gasteiger partial charge in [-0.25, -0.2) is 0 Å². The van der Waals surface area contributed by atoms with Gasteiger partial charge in [-0.05, 0) is 48.9 Å². The van der Waals surface area contributed by atoms with E-state index in [0.717, 1.165) is 21.7 Å². The highest BCUT2D eigenvalue weighted by Gasteiger charge is 1.98. The summed E-state index contributed by atoms with van der Waals surface area (Å²) in [4.78, 5) is 11.8. The minimum Gasteiger partial charge on any atom is -0.497 e. The Hall–Kier alpha value is -2.31. The van der Waals surface area contributed by atoms with Crippen LogP contribution in [0.15, 0.2) is 48.5 Å². The molecule has 2 rings (SSSR count). The molecule has 0 saturated heterocycles. The fraction of sp³-hybridized carbons (Fsp3) is 0.167. The van der Waals surface area contributed by atoms with Gasteiger partial charge in [-0.15, -0.1) is 0 Å². The average Bonchev–Trinajstić information content (AvgIpc) is 2.55. The summed E-state index contributed by atoms with van der Waals surface area (Å²) in [6, 6.07) is 14.4. The summed E-state index contributed by atoms with van der Waals surface area (Å²) in [5, 5.41) is 0. The van der Waals surface area contributed by atoms with E-state index in [9.17, 15) is 4.79 Å². The summed E-state index contributed by atoms with van der Waals surface area (Å²) in [6.07, 6.45) is 0. The highest BCUT2D eigenvalue weighted by Crippen LogP contribution is 2.13. The van der Waals surface area contributed by atoms with Crippen molar-refractivity contribution in [1.82, 2.24) is 0 Å². The standard InChI is InChI=1S/C10H10O2S.C8H9NOS/c1-7(13)9-3-5-10(6-4-9)12-8(2)11;1-10-7-4-2-6(3-5-7)8(9)11/h3-6H,1-2H3;2-5H,1H3,(H2,9,11). The monoisotopic (exact) mass is 361 g/mol. The Kier molecular flexibility index (Phi) is 8.01. The molecule has 0 aromatic heterocycles. The molecule has 126 valence electrons. The molecule has 0 unspecified atom stereocenters. The second kappa shape index (κ2) is 9.75. The first-order valence-electron chi connectivity index (χ1n) is 7.06. The molecule has 0 amide bonds. The molecule has 2 N–H and O–H groups in total. The maximum atomic E-state index is 10.6. The van der Waals surface area contributed by atoms with Gasteiger partial charge in [0.1, 0.15) is 16.5 Å². The van der Waals surface area contributed by atoms with E-state index >= 15 is 0 Å². The van der Waals surface area contributed by atoms with Crippen molar-refractivity contribution in [3.8, 4) is 11.5 Å². The van der Waals surface area contributed by atoms with Gasteiger partial charge in [-0.2, -0.15) is 0 Å². The van der Waals surface area contributed by atoms with E-state index in [1.165, 1.54) is 6.92 Å². The van der Waals surface area contributed by atoms with Crippen LogP contribution in [-0.4, -0.2) is 22.9 Å². The zero-order valence-corrected chi connectivity index (χ0v) is 15.4. The van der Waals surface area contributed by atoms with E-state index in [1.54, 1.807) is 19.2 Å². The molecule has 0 saturated carbocycles. The molecule has 6 heteroatoms. The molecule has 0 atom stereocenters. The van der Waals surface area contributed by atoms with Gasteiger partial charge in [0.25, 0.3) is 0 Å². The van der Waals surface area contributed by atoms with Crippen LogP contribution in [0.25, 0.3) is 0 Å². The van der Waals surface area contributed by atoms with E-state index in [0.29, 0.717) is 10.7 Å². The first kappa shape index (κ1) is 19.7. The molecule has 0 aliphatic heterocycles. The fourth-order valence-corrected chi connectivity index (χ4v) is 1.95. The maximum Gasteiger partial charge on any atom is 0.308 e. The molecule has 4 nitrogen and oxygen atoms in total. The number of nitrogens with two attached hydrogens (primary N) is 1. The zero-order valence-electron chi connectivity index (χ0n) is 13.7. The molecular formula is C18H19NO3S2. The quantitative estimate of drug-likeness (QED) is 0.388. The van der Waals surface area contributed by atoms with Crippen LogP contribution in [0.5, 0.6) is 11.5 Å². The SMILES string of the molecule is CC(=O)Oc1ccc(C(C)=S)cc1.COc1ccc(C(N)=S)cc1. The Bertz CT molecular complexity index is 710. The third-order valence-corrected chi connectivity index (χ3v) is 3.37. The molecule has 0 spiro atoms. The van der Waals surface area contributed by atoms with Crippen molar-refractivity contribution >= 4 is 40.3 Å². The second-order valence-electron chi connectivity index (χ2n) is 4.77. The molecule has 24 heavy (non-hydrogen) atoms. The van der Waals surface area contributed by atoms with Crippen LogP contribution in [0.3, 0.4) is 0 Å². The smallest absolute Gasteiger partial charge is 0.308 e. The van der Waals surface area contributed by atoms with Crippen molar-refractivity contribution in [2.75, 3.05) is 7.11 Å². The lowest BCUT2D eigenvalue weighted by atomic mass is 10.2. The maximum absolute atomic E-state index is 10.6. The highest BCUT2D eigenvalue weighted by atomic mass is 32.1. The van der Waals surface area contributed by atoms with Crippen LogP contribution in [-0.2, 0) is 4.79 Å². The van der Waals surface area contributed by atoms with E-state index in [-0.39, 0.29) is 5.97 Å². The van der Waals surface area contributed by atoms with Crippen LogP contribution in [0.2, 0.25) is 0 Å². The van der Waals surface area contributed by atoms with E-state index in [1.807, 2.05) is 43.3 Å². The number of ether oxygens (including phenoxy) is 2. The van der Waals surface area contributed by atoms with Crippen LogP contribution in [0.4, 0.5) is 0 Å². The number of thiocarbonyl (C=S) groups is 2. The minimum atomic E-state index is -0.313. The number of hydrogen-bond acceptors (Lipinski definition) is 5. The summed E-state index contributed by atoms with van der Waals surface area (Å²) in [5.74, 6) is 1.05. The van der Waals surface area contributed by atoms with Gasteiger partial charge in [0.2, 0.25) is 0 Å². The lowest BCUT2D eigenvalue weighted by molar-refractivity contribution is -0.131. The Morgan fingerprint density at radius 2 is 1.33 bits per heavy atom. The molecule has 0 fully saturated rings. The molecule has 0 aliphatic carbocycles. The van der Waals surface area contributed by atoms with Crippen LogP contribution < -0.4 is 15.2 Å². The highest BCUT2D eigenvalue weighted by molar-refractivity contribution is 7.81. The first-order chi connectivity index (χ1) is 11.3. The van der Waals surface area contributed by atoms with Gasteiger partial charge < -0.3 is 15.2 Å². The second-order valence-corrected chi connectivity index (χ2v) is 5.82. The van der Waals surface area contributed by atoms with Crippen LogP contribution >= 0.6 is 24.4 Å². The Balaban J connectivity index is 0.000000243. The largest absolute Gasteiger partial charge is 0.497 e. The number of methoxy groups -OCH3 is 1. The first-order valence-corrected chi connectivity index (χ1v) is 7.88. The van der Waals surface area contributed by atoms with Gasteiger partial charge in [-0.1, -0.05) is 36.6 Å². The van der Waals surface area contributed by atoms with E-state index in [4.69, 9.17) is 39.6 Å². The number of carbonyl (C=O) groups excluding carboxylic acids is 1. The molecule has 2 aromatic rings. The molecular weight excluding hydrogens is 342 g/mol. The van der Waals surface area contributed by atoms with Crippen LogP contribution in [0, 0.1) is 0 Å². The Morgan fingerprint density at radius 3 is 1.71 bits per heavy atom. The molecule has 0 bridgehead atoms. The van der Waals surface area contributed by atoms with Gasteiger partial charge in [0, 0.05) is 17.4 Å². The number of hydrogen-bond donors (Lipinski definition) is 1. The Morgan fingerprint density at radius 1 is 0.875 bits per heavy atom.